The SMILES string of the molecule is NC(COC1CCCCO1)CC(O)CSc1ccccc1. The number of nitrogens with two attached hydrogens (primary N) is 1. The van der Waals surface area contributed by atoms with Crippen LogP contribution in [0.15, 0.2) is 35.2 Å². The molecule has 0 amide bonds. The maximum Gasteiger partial charge on any atom is 0.157 e. The second-order valence-electron chi connectivity index (χ2n) is 5.40. The minimum atomic E-state index is -0.416. The fourth-order valence-electron chi connectivity index (χ4n) is 2.27. The van der Waals surface area contributed by atoms with E-state index in [1.54, 1.807) is 11.8 Å². The summed E-state index contributed by atoms with van der Waals surface area (Å²) in [7, 11) is 0. The van der Waals surface area contributed by atoms with Crippen molar-refractivity contribution < 1.29 is 14.6 Å². The predicted octanol–water partition coefficient (Wildman–Crippen LogP) is 2.40. The van der Waals surface area contributed by atoms with Crippen LogP contribution in [0.1, 0.15) is 25.7 Å². The van der Waals surface area contributed by atoms with E-state index in [1.165, 1.54) is 0 Å². The van der Waals surface area contributed by atoms with Crippen LogP contribution < -0.4 is 5.73 Å². The Morgan fingerprint density at radius 2 is 2.14 bits per heavy atom. The van der Waals surface area contributed by atoms with Crippen LogP contribution in [0.5, 0.6) is 0 Å². The van der Waals surface area contributed by atoms with Crippen LogP contribution in [0.25, 0.3) is 0 Å². The van der Waals surface area contributed by atoms with E-state index in [9.17, 15) is 5.11 Å². The van der Waals surface area contributed by atoms with Gasteiger partial charge in [0.1, 0.15) is 0 Å². The number of aliphatic hydroxyl groups excluding tert-OH is 1. The van der Waals surface area contributed by atoms with Gasteiger partial charge >= 0.3 is 0 Å². The van der Waals surface area contributed by atoms with Gasteiger partial charge in [0.25, 0.3) is 0 Å². The normalized spacial score (nSPS) is 21.9. The first-order valence-electron chi connectivity index (χ1n) is 7.59. The molecule has 3 N–H and O–H groups in total. The first-order valence-corrected chi connectivity index (χ1v) is 8.57. The molecule has 0 spiro atoms. The summed E-state index contributed by atoms with van der Waals surface area (Å²) in [5, 5.41) is 10.0. The van der Waals surface area contributed by atoms with Crippen LogP contribution in [0.2, 0.25) is 0 Å². The van der Waals surface area contributed by atoms with E-state index >= 15 is 0 Å². The molecule has 1 saturated heterocycles. The molecule has 3 unspecified atom stereocenters. The van der Waals surface area contributed by atoms with Crippen molar-refractivity contribution in [2.75, 3.05) is 19.0 Å². The smallest absolute Gasteiger partial charge is 0.157 e. The molecule has 1 aliphatic heterocycles. The Bertz CT molecular complexity index is 384. The van der Waals surface area contributed by atoms with Crippen LogP contribution in [-0.2, 0) is 9.47 Å². The Labute approximate surface area is 131 Å². The first-order chi connectivity index (χ1) is 10.2. The average molecular weight is 311 g/mol. The molecule has 0 aliphatic carbocycles. The van der Waals surface area contributed by atoms with Gasteiger partial charge in [0, 0.05) is 23.3 Å². The summed E-state index contributed by atoms with van der Waals surface area (Å²) in [6, 6.07) is 9.92. The quantitative estimate of drug-likeness (QED) is 0.722. The van der Waals surface area contributed by atoms with Gasteiger partial charge in [-0.2, -0.15) is 0 Å². The fraction of sp³-hybridized carbons (Fsp3) is 0.625. The summed E-state index contributed by atoms with van der Waals surface area (Å²) < 4.78 is 11.1. The molecular weight excluding hydrogens is 286 g/mol. The zero-order valence-electron chi connectivity index (χ0n) is 12.3. The molecule has 1 aromatic rings. The van der Waals surface area contributed by atoms with Crippen molar-refractivity contribution in [3.8, 4) is 0 Å². The van der Waals surface area contributed by atoms with Crippen LogP contribution >= 0.6 is 11.8 Å². The predicted molar refractivity (Wildman–Crippen MR) is 85.3 cm³/mol. The summed E-state index contributed by atoms with van der Waals surface area (Å²) in [6.45, 7) is 1.22. The number of thioether (sulfide) groups is 1. The standard InChI is InChI=1S/C16H25NO3S/c17-13(11-20-16-8-4-5-9-19-16)10-14(18)12-21-15-6-2-1-3-7-15/h1-3,6-7,13-14,16,18H,4-5,8-12,17H2. The van der Waals surface area contributed by atoms with Crippen LogP contribution in [0.3, 0.4) is 0 Å². The maximum absolute atomic E-state index is 10.0. The molecule has 0 bridgehead atoms. The van der Waals surface area contributed by atoms with Gasteiger partial charge < -0.3 is 20.3 Å². The van der Waals surface area contributed by atoms with Crippen molar-refractivity contribution in [2.45, 2.75) is 49.0 Å². The lowest BCUT2D eigenvalue weighted by atomic mass is 10.1. The fourth-order valence-corrected chi connectivity index (χ4v) is 3.14. The van der Waals surface area contributed by atoms with Gasteiger partial charge in [-0.25, -0.2) is 0 Å². The lowest BCUT2D eigenvalue weighted by molar-refractivity contribution is -0.165. The highest BCUT2D eigenvalue weighted by atomic mass is 32.2. The highest BCUT2D eigenvalue weighted by Gasteiger charge is 2.17. The van der Waals surface area contributed by atoms with E-state index in [2.05, 4.69) is 0 Å². The van der Waals surface area contributed by atoms with Crippen molar-refractivity contribution in [3.05, 3.63) is 30.3 Å². The maximum atomic E-state index is 10.0. The minimum Gasteiger partial charge on any atom is -0.392 e. The zero-order chi connectivity index (χ0) is 14.9. The van der Waals surface area contributed by atoms with Crippen molar-refractivity contribution in [1.82, 2.24) is 0 Å². The summed E-state index contributed by atoms with van der Waals surface area (Å²) >= 11 is 1.65. The molecule has 1 heterocycles. The van der Waals surface area contributed by atoms with Crippen LogP contribution in [0, 0.1) is 0 Å². The summed E-state index contributed by atoms with van der Waals surface area (Å²) in [4.78, 5) is 1.16. The Balaban J connectivity index is 1.59. The van der Waals surface area contributed by atoms with Gasteiger partial charge in [0.05, 0.1) is 12.7 Å². The number of hydrogen-bond donors (Lipinski definition) is 2. The van der Waals surface area contributed by atoms with Crippen LogP contribution in [0.4, 0.5) is 0 Å². The molecule has 1 fully saturated rings. The third kappa shape index (κ3) is 6.80. The molecule has 0 saturated carbocycles. The third-order valence-electron chi connectivity index (χ3n) is 3.39. The summed E-state index contributed by atoms with van der Waals surface area (Å²) in [6.07, 6.45) is 3.23. The molecule has 5 heteroatoms. The van der Waals surface area contributed by atoms with Crippen molar-refractivity contribution in [3.63, 3.8) is 0 Å². The van der Waals surface area contributed by atoms with E-state index in [0.717, 1.165) is 30.8 Å². The molecule has 0 aromatic heterocycles. The van der Waals surface area contributed by atoms with Crippen molar-refractivity contribution in [1.29, 1.82) is 0 Å². The molecule has 1 aliphatic rings. The minimum absolute atomic E-state index is 0.111. The van der Waals surface area contributed by atoms with Crippen LogP contribution in [-0.4, -0.2) is 42.5 Å². The highest BCUT2D eigenvalue weighted by Crippen LogP contribution is 2.19. The molecule has 21 heavy (non-hydrogen) atoms. The average Bonchev–Trinajstić information content (AvgIpc) is 2.53. The van der Waals surface area contributed by atoms with Crippen molar-refractivity contribution >= 4 is 11.8 Å². The molecule has 2 rings (SSSR count). The Morgan fingerprint density at radius 1 is 1.33 bits per heavy atom. The number of benzene rings is 1. The third-order valence-corrected chi connectivity index (χ3v) is 4.55. The van der Waals surface area contributed by atoms with Gasteiger partial charge in [-0.05, 0) is 37.8 Å². The Morgan fingerprint density at radius 3 is 2.86 bits per heavy atom. The van der Waals surface area contributed by atoms with E-state index < -0.39 is 6.10 Å². The summed E-state index contributed by atoms with van der Waals surface area (Å²) in [5.41, 5.74) is 6.01. The van der Waals surface area contributed by atoms with Crippen molar-refractivity contribution in [2.24, 2.45) is 5.73 Å². The van der Waals surface area contributed by atoms with Gasteiger partial charge in [-0.15, -0.1) is 11.8 Å². The number of aliphatic hydroxyl groups is 1. The molecule has 1 aromatic carbocycles. The molecule has 4 nitrogen and oxygen atoms in total. The van der Waals surface area contributed by atoms with E-state index in [4.69, 9.17) is 15.2 Å². The highest BCUT2D eigenvalue weighted by molar-refractivity contribution is 7.99. The molecule has 118 valence electrons. The van der Waals surface area contributed by atoms with Gasteiger partial charge in [-0.1, -0.05) is 18.2 Å². The Hall–Kier alpha value is -0.590. The molecule has 3 atom stereocenters. The first kappa shape index (κ1) is 16.8. The summed E-state index contributed by atoms with van der Waals surface area (Å²) in [5.74, 6) is 0.650. The lowest BCUT2D eigenvalue weighted by Crippen LogP contribution is -2.34. The monoisotopic (exact) mass is 311 g/mol. The number of ether oxygens (including phenoxy) is 2. The topological polar surface area (TPSA) is 64.7 Å². The number of rotatable bonds is 8. The Kier molecular flexibility index (Phi) is 7.53. The van der Waals surface area contributed by atoms with Gasteiger partial charge in [0.15, 0.2) is 6.29 Å². The number of hydrogen-bond acceptors (Lipinski definition) is 5. The van der Waals surface area contributed by atoms with E-state index in [1.807, 2.05) is 30.3 Å². The largest absolute Gasteiger partial charge is 0.392 e. The second-order valence-corrected chi connectivity index (χ2v) is 6.50. The lowest BCUT2D eigenvalue weighted by Gasteiger charge is -2.24. The molecule has 0 radical (unpaired) electrons. The second kappa shape index (κ2) is 9.43. The zero-order valence-corrected chi connectivity index (χ0v) is 13.1. The van der Waals surface area contributed by atoms with Gasteiger partial charge in [-0.3, -0.25) is 0 Å². The van der Waals surface area contributed by atoms with E-state index in [-0.39, 0.29) is 12.3 Å². The molecular formula is C16H25NO3S. The van der Waals surface area contributed by atoms with E-state index in [0.29, 0.717) is 18.8 Å². The van der Waals surface area contributed by atoms with Gasteiger partial charge in [0.2, 0.25) is 0 Å².